The highest BCUT2D eigenvalue weighted by molar-refractivity contribution is 6.44. The lowest BCUT2D eigenvalue weighted by Crippen LogP contribution is -2.13. The van der Waals surface area contributed by atoms with Gasteiger partial charge >= 0.3 is 0 Å². The molecule has 0 fully saturated rings. The first-order valence-electron chi connectivity index (χ1n) is 7.86. The number of para-hydroxylation sites is 1. The fourth-order valence-corrected chi connectivity index (χ4v) is 2.78. The molecule has 0 unspecified atom stereocenters. The van der Waals surface area contributed by atoms with E-state index in [1.165, 1.54) is 12.4 Å². The molecule has 0 aliphatic rings. The summed E-state index contributed by atoms with van der Waals surface area (Å²) in [5.41, 5.74) is 3.88. The predicted octanol–water partition coefficient (Wildman–Crippen LogP) is 5.40. The Morgan fingerprint density at radius 2 is 1.58 bits per heavy atom. The van der Waals surface area contributed by atoms with E-state index < -0.39 is 0 Å². The van der Waals surface area contributed by atoms with E-state index >= 15 is 0 Å². The van der Waals surface area contributed by atoms with Crippen LogP contribution in [0.2, 0.25) is 10.0 Å². The first-order chi connectivity index (χ1) is 12.5. The van der Waals surface area contributed by atoms with Crippen molar-refractivity contribution in [3.8, 4) is 0 Å². The van der Waals surface area contributed by atoms with E-state index in [2.05, 4.69) is 20.6 Å². The summed E-state index contributed by atoms with van der Waals surface area (Å²) in [6, 6.07) is 11.0. The van der Waals surface area contributed by atoms with Gasteiger partial charge in [-0.1, -0.05) is 47.5 Å². The average Bonchev–Trinajstić information content (AvgIpc) is 2.63. The maximum atomic E-state index is 12.3. The molecular formula is C19H16Cl2N4O. The zero-order valence-electron chi connectivity index (χ0n) is 14.2. The SMILES string of the molecule is Cc1cccc(C)c1Nc1ncc(C(=O)Nc2cccc(Cl)c2Cl)cn1. The normalized spacial score (nSPS) is 10.5. The van der Waals surface area contributed by atoms with Crippen LogP contribution >= 0.6 is 23.2 Å². The molecule has 0 bridgehead atoms. The van der Waals surface area contributed by atoms with Crippen molar-refractivity contribution in [2.45, 2.75) is 13.8 Å². The van der Waals surface area contributed by atoms with E-state index in [0.29, 0.717) is 22.2 Å². The van der Waals surface area contributed by atoms with Crippen molar-refractivity contribution in [1.82, 2.24) is 9.97 Å². The van der Waals surface area contributed by atoms with Crippen molar-refractivity contribution in [3.63, 3.8) is 0 Å². The molecule has 0 saturated heterocycles. The Morgan fingerprint density at radius 1 is 0.962 bits per heavy atom. The van der Waals surface area contributed by atoms with Crippen molar-refractivity contribution < 1.29 is 4.79 Å². The first kappa shape index (κ1) is 18.2. The second-order valence-electron chi connectivity index (χ2n) is 5.74. The minimum Gasteiger partial charge on any atom is -0.324 e. The second-order valence-corrected chi connectivity index (χ2v) is 6.53. The predicted molar refractivity (Wildman–Crippen MR) is 106 cm³/mol. The van der Waals surface area contributed by atoms with Gasteiger partial charge in [-0.25, -0.2) is 9.97 Å². The number of nitrogens with zero attached hydrogens (tertiary/aromatic N) is 2. The molecule has 0 spiro atoms. The van der Waals surface area contributed by atoms with Crippen LogP contribution in [0.15, 0.2) is 48.8 Å². The first-order valence-corrected chi connectivity index (χ1v) is 8.62. The number of aryl methyl sites for hydroxylation is 2. The van der Waals surface area contributed by atoms with E-state index in [1.54, 1.807) is 18.2 Å². The molecule has 7 heteroatoms. The lowest BCUT2D eigenvalue weighted by atomic mass is 10.1. The van der Waals surface area contributed by atoms with Gasteiger partial charge in [0, 0.05) is 18.1 Å². The van der Waals surface area contributed by atoms with Gasteiger partial charge in [0.2, 0.25) is 5.95 Å². The van der Waals surface area contributed by atoms with Gasteiger partial charge in [-0.3, -0.25) is 4.79 Å². The largest absolute Gasteiger partial charge is 0.324 e. The van der Waals surface area contributed by atoms with Gasteiger partial charge in [0.15, 0.2) is 0 Å². The van der Waals surface area contributed by atoms with Crippen LogP contribution < -0.4 is 10.6 Å². The Balaban J connectivity index is 1.75. The molecule has 0 aliphatic heterocycles. The molecule has 1 heterocycles. The maximum absolute atomic E-state index is 12.3. The van der Waals surface area contributed by atoms with Crippen molar-refractivity contribution in [2.75, 3.05) is 10.6 Å². The maximum Gasteiger partial charge on any atom is 0.258 e. The highest BCUT2D eigenvalue weighted by Gasteiger charge is 2.12. The highest BCUT2D eigenvalue weighted by Crippen LogP contribution is 2.29. The quantitative estimate of drug-likeness (QED) is 0.629. The molecule has 0 saturated carbocycles. The number of hydrogen-bond donors (Lipinski definition) is 2. The Labute approximate surface area is 161 Å². The molecule has 0 atom stereocenters. The van der Waals surface area contributed by atoms with Crippen LogP contribution in [0.25, 0.3) is 0 Å². The lowest BCUT2D eigenvalue weighted by molar-refractivity contribution is 0.102. The van der Waals surface area contributed by atoms with Crippen LogP contribution in [-0.2, 0) is 0 Å². The van der Waals surface area contributed by atoms with Crippen LogP contribution in [0.3, 0.4) is 0 Å². The molecule has 1 amide bonds. The summed E-state index contributed by atoms with van der Waals surface area (Å²) in [5.74, 6) is 0.0486. The molecule has 2 N–H and O–H groups in total. The molecule has 3 rings (SSSR count). The Kier molecular flexibility index (Phi) is 5.40. The zero-order valence-corrected chi connectivity index (χ0v) is 15.7. The van der Waals surface area contributed by atoms with Gasteiger partial charge in [-0.15, -0.1) is 0 Å². The summed E-state index contributed by atoms with van der Waals surface area (Å²) < 4.78 is 0. The smallest absolute Gasteiger partial charge is 0.258 e. The van der Waals surface area contributed by atoms with E-state index in [1.807, 2.05) is 32.0 Å². The minimum absolute atomic E-state index is 0.289. The monoisotopic (exact) mass is 386 g/mol. The third kappa shape index (κ3) is 3.95. The molecular weight excluding hydrogens is 371 g/mol. The second kappa shape index (κ2) is 7.72. The van der Waals surface area contributed by atoms with E-state index in [9.17, 15) is 4.79 Å². The van der Waals surface area contributed by atoms with E-state index in [4.69, 9.17) is 23.2 Å². The number of carbonyl (C=O) groups is 1. The summed E-state index contributed by atoms with van der Waals surface area (Å²) in [5, 5.41) is 6.54. The van der Waals surface area contributed by atoms with Crippen LogP contribution in [0.5, 0.6) is 0 Å². The van der Waals surface area contributed by atoms with Crippen LogP contribution in [0.4, 0.5) is 17.3 Å². The Bertz CT molecular complexity index is 938. The van der Waals surface area contributed by atoms with Crippen molar-refractivity contribution >= 4 is 46.4 Å². The van der Waals surface area contributed by atoms with Crippen molar-refractivity contribution in [3.05, 3.63) is 75.5 Å². The molecule has 0 radical (unpaired) electrons. The molecule has 0 aliphatic carbocycles. The molecule has 132 valence electrons. The molecule has 2 aromatic carbocycles. The molecule has 1 aromatic heterocycles. The molecule has 5 nitrogen and oxygen atoms in total. The van der Waals surface area contributed by atoms with Crippen LogP contribution in [-0.4, -0.2) is 15.9 Å². The number of carbonyl (C=O) groups excluding carboxylic acids is 1. The standard InChI is InChI=1S/C19H16Cl2N4O/c1-11-5-3-6-12(2)17(11)25-19-22-9-13(10-23-19)18(26)24-15-8-4-7-14(20)16(15)21/h3-10H,1-2H3,(H,24,26)(H,22,23,25). The summed E-state index contributed by atoms with van der Waals surface area (Å²) in [6.07, 6.45) is 2.91. The Hall–Kier alpha value is -2.63. The highest BCUT2D eigenvalue weighted by atomic mass is 35.5. The minimum atomic E-state index is -0.368. The third-order valence-electron chi connectivity index (χ3n) is 3.83. The van der Waals surface area contributed by atoms with Gasteiger partial charge in [0.05, 0.1) is 21.3 Å². The van der Waals surface area contributed by atoms with E-state index in [-0.39, 0.29) is 10.9 Å². The fraction of sp³-hybridized carbons (Fsp3) is 0.105. The number of amides is 1. The van der Waals surface area contributed by atoms with Crippen molar-refractivity contribution in [1.29, 1.82) is 0 Å². The lowest BCUT2D eigenvalue weighted by Gasteiger charge is -2.11. The third-order valence-corrected chi connectivity index (χ3v) is 4.65. The molecule has 3 aromatic rings. The van der Waals surface area contributed by atoms with E-state index in [0.717, 1.165) is 16.8 Å². The van der Waals surface area contributed by atoms with Gasteiger partial charge in [-0.2, -0.15) is 0 Å². The van der Waals surface area contributed by atoms with Crippen LogP contribution in [0.1, 0.15) is 21.5 Å². The summed E-state index contributed by atoms with van der Waals surface area (Å²) in [4.78, 5) is 20.8. The summed E-state index contributed by atoms with van der Waals surface area (Å²) >= 11 is 12.0. The summed E-state index contributed by atoms with van der Waals surface area (Å²) in [6.45, 7) is 4.01. The molecule has 26 heavy (non-hydrogen) atoms. The average molecular weight is 387 g/mol. The number of hydrogen-bond acceptors (Lipinski definition) is 4. The van der Waals surface area contributed by atoms with Gasteiger partial charge in [-0.05, 0) is 37.1 Å². The summed E-state index contributed by atoms with van der Waals surface area (Å²) in [7, 11) is 0. The number of benzene rings is 2. The van der Waals surface area contributed by atoms with Crippen molar-refractivity contribution in [2.24, 2.45) is 0 Å². The number of anilines is 3. The van der Waals surface area contributed by atoms with Gasteiger partial charge in [0.1, 0.15) is 0 Å². The number of nitrogens with one attached hydrogen (secondary N) is 2. The topological polar surface area (TPSA) is 66.9 Å². The Morgan fingerprint density at radius 3 is 2.23 bits per heavy atom. The number of rotatable bonds is 4. The van der Waals surface area contributed by atoms with Gasteiger partial charge < -0.3 is 10.6 Å². The van der Waals surface area contributed by atoms with Gasteiger partial charge in [0.25, 0.3) is 5.91 Å². The fourth-order valence-electron chi connectivity index (χ4n) is 2.43. The zero-order chi connectivity index (χ0) is 18.7. The number of halogens is 2. The van der Waals surface area contributed by atoms with Crippen LogP contribution in [0, 0.1) is 13.8 Å². The number of aromatic nitrogens is 2.